The van der Waals surface area contributed by atoms with Crippen molar-refractivity contribution in [1.29, 1.82) is 0 Å². The average Bonchev–Trinajstić information content (AvgIpc) is 2.74. The van der Waals surface area contributed by atoms with Crippen molar-refractivity contribution in [3.8, 4) is 11.5 Å². The number of hydrogen-bond donors (Lipinski definition) is 1. The van der Waals surface area contributed by atoms with Crippen LogP contribution in [0.3, 0.4) is 0 Å². The minimum atomic E-state index is -0.220. The predicted molar refractivity (Wildman–Crippen MR) is 112 cm³/mol. The van der Waals surface area contributed by atoms with Gasteiger partial charge in [-0.1, -0.05) is 67.9 Å². The second kappa shape index (κ2) is 10.2. The summed E-state index contributed by atoms with van der Waals surface area (Å²) in [5.41, 5.74) is 2.21. The van der Waals surface area contributed by atoms with Crippen molar-refractivity contribution < 1.29 is 14.3 Å². The highest BCUT2D eigenvalue weighted by molar-refractivity contribution is 6.06. The van der Waals surface area contributed by atoms with Gasteiger partial charge in [-0.25, -0.2) is 0 Å². The number of rotatable bonds is 9. The first-order valence-electron chi connectivity index (χ1n) is 9.57. The van der Waals surface area contributed by atoms with Crippen LogP contribution in [-0.2, 0) is 6.61 Å². The van der Waals surface area contributed by atoms with Crippen LogP contribution in [0.25, 0.3) is 0 Å². The number of benzene rings is 3. The normalized spacial score (nSPS) is 10.3. The van der Waals surface area contributed by atoms with Gasteiger partial charge in [-0.3, -0.25) is 4.79 Å². The van der Waals surface area contributed by atoms with E-state index in [-0.39, 0.29) is 5.91 Å². The fourth-order valence-electron chi connectivity index (χ4n) is 2.73. The van der Waals surface area contributed by atoms with Gasteiger partial charge in [0.1, 0.15) is 18.1 Å². The monoisotopic (exact) mass is 375 g/mol. The Balaban J connectivity index is 1.71. The molecule has 3 aromatic carbocycles. The van der Waals surface area contributed by atoms with Crippen molar-refractivity contribution in [3.63, 3.8) is 0 Å². The summed E-state index contributed by atoms with van der Waals surface area (Å²) in [7, 11) is 0. The van der Waals surface area contributed by atoms with Gasteiger partial charge >= 0.3 is 0 Å². The first kappa shape index (κ1) is 19.5. The first-order chi connectivity index (χ1) is 13.8. The molecule has 0 aliphatic heterocycles. The van der Waals surface area contributed by atoms with Crippen LogP contribution >= 0.6 is 0 Å². The quantitative estimate of drug-likeness (QED) is 0.488. The van der Waals surface area contributed by atoms with E-state index in [1.54, 1.807) is 6.07 Å². The van der Waals surface area contributed by atoms with Gasteiger partial charge in [0.2, 0.25) is 0 Å². The van der Waals surface area contributed by atoms with Crippen LogP contribution in [0.1, 0.15) is 35.7 Å². The Morgan fingerprint density at radius 2 is 1.50 bits per heavy atom. The summed E-state index contributed by atoms with van der Waals surface area (Å²) in [4.78, 5) is 12.8. The first-order valence-corrected chi connectivity index (χ1v) is 9.57. The van der Waals surface area contributed by atoms with Crippen LogP contribution < -0.4 is 14.8 Å². The number of hydrogen-bond acceptors (Lipinski definition) is 3. The zero-order chi connectivity index (χ0) is 19.6. The van der Waals surface area contributed by atoms with Crippen LogP contribution in [0.5, 0.6) is 11.5 Å². The minimum Gasteiger partial charge on any atom is -0.493 e. The molecule has 0 heterocycles. The molecule has 3 rings (SSSR count). The molecule has 0 spiro atoms. The third-order valence-electron chi connectivity index (χ3n) is 4.26. The number of amides is 1. The second-order valence-electron chi connectivity index (χ2n) is 6.42. The van der Waals surface area contributed by atoms with E-state index >= 15 is 0 Å². The van der Waals surface area contributed by atoms with Crippen molar-refractivity contribution in [2.45, 2.75) is 26.4 Å². The minimum absolute atomic E-state index is 0.220. The third-order valence-corrected chi connectivity index (χ3v) is 4.26. The van der Waals surface area contributed by atoms with Gasteiger partial charge in [0, 0.05) is 0 Å². The Bertz CT molecular complexity index is 893. The summed E-state index contributed by atoms with van der Waals surface area (Å²) in [5, 5.41) is 2.95. The fraction of sp³-hybridized carbons (Fsp3) is 0.208. The van der Waals surface area contributed by atoms with E-state index in [1.807, 2.05) is 72.8 Å². The molecule has 0 aliphatic rings. The van der Waals surface area contributed by atoms with Crippen LogP contribution in [0.15, 0.2) is 78.9 Å². The molecule has 0 aliphatic carbocycles. The number of nitrogens with one attached hydrogen (secondary N) is 1. The number of ether oxygens (including phenoxy) is 2. The summed E-state index contributed by atoms with van der Waals surface area (Å²) >= 11 is 0. The van der Waals surface area contributed by atoms with E-state index in [0.717, 1.165) is 18.4 Å². The summed E-state index contributed by atoms with van der Waals surface area (Å²) in [5.74, 6) is 1.00. The van der Waals surface area contributed by atoms with Crippen LogP contribution in [0.2, 0.25) is 0 Å². The SMILES string of the molecule is CCCCOc1ccccc1C(=O)Nc1ccccc1OCc1ccccc1. The summed E-state index contributed by atoms with van der Waals surface area (Å²) < 4.78 is 11.7. The molecule has 0 saturated carbocycles. The van der Waals surface area contributed by atoms with Crippen molar-refractivity contribution in [1.82, 2.24) is 0 Å². The Kier molecular flexibility index (Phi) is 7.08. The number of carbonyl (C=O) groups excluding carboxylic acids is 1. The molecule has 3 aromatic rings. The van der Waals surface area contributed by atoms with Crippen LogP contribution in [0, 0.1) is 0 Å². The molecule has 1 amide bonds. The molecule has 4 heteroatoms. The number of para-hydroxylation sites is 3. The largest absolute Gasteiger partial charge is 0.493 e. The molecule has 0 unspecified atom stereocenters. The molecule has 144 valence electrons. The lowest BCUT2D eigenvalue weighted by Gasteiger charge is -2.14. The highest BCUT2D eigenvalue weighted by atomic mass is 16.5. The molecular formula is C24H25NO3. The average molecular weight is 375 g/mol. The van der Waals surface area contributed by atoms with Gasteiger partial charge in [0.15, 0.2) is 0 Å². The molecule has 4 nitrogen and oxygen atoms in total. The zero-order valence-corrected chi connectivity index (χ0v) is 16.1. The fourth-order valence-corrected chi connectivity index (χ4v) is 2.73. The van der Waals surface area contributed by atoms with Crippen LogP contribution in [0.4, 0.5) is 5.69 Å². The number of anilines is 1. The Labute approximate surface area is 166 Å². The molecule has 0 atom stereocenters. The zero-order valence-electron chi connectivity index (χ0n) is 16.1. The molecule has 0 saturated heterocycles. The molecule has 1 N–H and O–H groups in total. The lowest BCUT2D eigenvalue weighted by molar-refractivity contribution is 0.102. The van der Waals surface area contributed by atoms with E-state index in [9.17, 15) is 4.79 Å². The predicted octanol–water partition coefficient (Wildman–Crippen LogP) is 5.70. The van der Waals surface area contributed by atoms with Crippen molar-refractivity contribution >= 4 is 11.6 Å². The van der Waals surface area contributed by atoms with Crippen molar-refractivity contribution in [2.75, 3.05) is 11.9 Å². The van der Waals surface area contributed by atoms with Gasteiger partial charge < -0.3 is 14.8 Å². The topological polar surface area (TPSA) is 47.6 Å². The standard InChI is InChI=1S/C24H25NO3/c1-2-3-17-27-22-15-9-7-13-20(22)24(26)25-21-14-8-10-16-23(21)28-18-19-11-5-4-6-12-19/h4-16H,2-3,17-18H2,1H3,(H,25,26). The van der Waals surface area contributed by atoms with Gasteiger partial charge in [0.25, 0.3) is 5.91 Å². The lowest BCUT2D eigenvalue weighted by atomic mass is 10.1. The second-order valence-corrected chi connectivity index (χ2v) is 6.42. The van der Waals surface area contributed by atoms with Gasteiger partial charge in [-0.05, 0) is 36.2 Å². The Hall–Kier alpha value is -3.27. The lowest BCUT2D eigenvalue weighted by Crippen LogP contribution is -2.14. The highest BCUT2D eigenvalue weighted by Gasteiger charge is 2.14. The summed E-state index contributed by atoms with van der Waals surface area (Å²) in [6, 6.07) is 24.7. The molecule has 0 bridgehead atoms. The van der Waals surface area contributed by atoms with Crippen LogP contribution in [-0.4, -0.2) is 12.5 Å². The maximum atomic E-state index is 12.8. The Morgan fingerprint density at radius 3 is 2.29 bits per heavy atom. The van der Waals surface area contributed by atoms with E-state index in [0.29, 0.717) is 36.0 Å². The molecule has 28 heavy (non-hydrogen) atoms. The summed E-state index contributed by atoms with van der Waals surface area (Å²) in [6.07, 6.45) is 1.99. The maximum Gasteiger partial charge on any atom is 0.259 e. The number of unbranched alkanes of at least 4 members (excludes halogenated alkanes) is 1. The number of carbonyl (C=O) groups is 1. The highest BCUT2D eigenvalue weighted by Crippen LogP contribution is 2.27. The van der Waals surface area contributed by atoms with E-state index < -0.39 is 0 Å². The molecular weight excluding hydrogens is 350 g/mol. The Morgan fingerprint density at radius 1 is 0.821 bits per heavy atom. The maximum absolute atomic E-state index is 12.8. The van der Waals surface area contributed by atoms with E-state index in [4.69, 9.17) is 9.47 Å². The van der Waals surface area contributed by atoms with E-state index in [1.165, 1.54) is 0 Å². The van der Waals surface area contributed by atoms with Crippen molar-refractivity contribution in [2.24, 2.45) is 0 Å². The van der Waals surface area contributed by atoms with Gasteiger partial charge in [-0.15, -0.1) is 0 Å². The van der Waals surface area contributed by atoms with Crippen molar-refractivity contribution in [3.05, 3.63) is 90.0 Å². The third kappa shape index (κ3) is 5.36. The summed E-state index contributed by atoms with van der Waals surface area (Å²) in [6.45, 7) is 3.14. The van der Waals surface area contributed by atoms with E-state index in [2.05, 4.69) is 12.2 Å². The molecule has 0 fully saturated rings. The molecule has 0 radical (unpaired) electrons. The molecule has 0 aromatic heterocycles. The van der Waals surface area contributed by atoms with Gasteiger partial charge in [-0.2, -0.15) is 0 Å². The smallest absolute Gasteiger partial charge is 0.259 e. The van der Waals surface area contributed by atoms with Gasteiger partial charge in [0.05, 0.1) is 17.9 Å².